The molecule has 1 heterocycles. The van der Waals surface area contributed by atoms with Gasteiger partial charge >= 0.3 is 0 Å². The Morgan fingerprint density at radius 1 is 1.18 bits per heavy atom. The van der Waals surface area contributed by atoms with Gasteiger partial charge in [-0.15, -0.1) is 0 Å². The van der Waals surface area contributed by atoms with Crippen LogP contribution in [0.2, 0.25) is 0 Å². The molecule has 0 radical (unpaired) electrons. The van der Waals surface area contributed by atoms with Crippen LogP contribution in [0.1, 0.15) is 58.6 Å². The van der Waals surface area contributed by atoms with E-state index in [0.29, 0.717) is 28.7 Å². The van der Waals surface area contributed by atoms with E-state index < -0.39 is 0 Å². The summed E-state index contributed by atoms with van der Waals surface area (Å²) in [5.41, 5.74) is 0.495. The maximum atomic E-state index is 14.4. The Bertz CT molecular complexity index is 734. The van der Waals surface area contributed by atoms with Gasteiger partial charge in [0, 0.05) is 11.4 Å². The van der Waals surface area contributed by atoms with E-state index in [0.717, 1.165) is 6.42 Å². The van der Waals surface area contributed by atoms with E-state index in [9.17, 15) is 9.18 Å². The highest BCUT2D eigenvalue weighted by molar-refractivity contribution is 5.88. The summed E-state index contributed by atoms with van der Waals surface area (Å²) in [5.74, 6) is 0.358. The third-order valence-corrected chi connectivity index (χ3v) is 4.12. The Hall–Kier alpha value is -1.84. The van der Waals surface area contributed by atoms with Crippen molar-refractivity contribution in [1.82, 2.24) is 4.57 Å². The molecule has 1 aromatic heterocycles. The van der Waals surface area contributed by atoms with E-state index in [1.54, 1.807) is 16.8 Å². The summed E-state index contributed by atoms with van der Waals surface area (Å²) >= 11 is 0. The number of hydrogen-bond acceptors (Lipinski definition) is 2. The molecule has 0 aliphatic carbocycles. The molecule has 1 atom stereocenters. The van der Waals surface area contributed by atoms with Gasteiger partial charge in [-0.1, -0.05) is 13.8 Å². The number of fused-ring (bicyclic) bond motifs is 1. The molecule has 0 bridgehead atoms. The van der Waals surface area contributed by atoms with Crippen molar-refractivity contribution < 1.29 is 9.13 Å². The second-order valence-electron chi connectivity index (χ2n) is 5.96. The van der Waals surface area contributed by atoms with Gasteiger partial charge in [-0.2, -0.15) is 0 Å². The first-order chi connectivity index (χ1) is 10.4. The molecule has 3 nitrogen and oxygen atoms in total. The number of hydrogen-bond donors (Lipinski definition) is 0. The molecule has 2 aromatic rings. The van der Waals surface area contributed by atoms with E-state index in [-0.39, 0.29) is 23.3 Å². The maximum Gasteiger partial charge on any atom is 0.258 e. The van der Waals surface area contributed by atoms with Crippen LogP contribution in [0.25, 0.3) is 10.8 Å². The molecule has 0 aliphatic heterocycles. The Morgan fingerprint density at radius 3 is 2.41 bits per heavy atom. The second-order valence-corrected chi connectivity index (χ2v) is 5.96. The van der Waals surface area contributed by atoms with Crippen LogP contribution in [-0.2, 0) is 0 Å². The quantitative estimate of drug-likeness (QED) is 0.806. The van der Waals surface area contributed by atoms with Gasteiger partial charge in [0.2, 0.25) is 0 Å². The summed E-state index contributed by atoms with van der Waals surface area (Å²) < 4.78 is 21.7. The molecule has 4 heteroatoms. The fraction of sp³-hybridized carbons (Fsp3) is 0.500. The number of rotatable bonds is 5. The van der Waals surface area contributed by atoms with Crippen molar-refractivity contribution in [2.45, 2.75) is 53.0 Å². The zero-order valence-electron chi connectivity index (χ0n) is 13.9. The van der Waals surface area contributed by atoms with Crippen LogP contribution in [0, 0.1) is 5.82 Å². The van der Waals surface area contributed by atoms with Crippen molar-refractivity contribution in [1.29, 1.82) is 0 Å². The highest BCUT2D eigenvalue weighted by atomic mass is 19.1. The number of halogens is 1. The van der Waals surface area contributed by atoms with Gasteiger partial charge in [0.15, 0.2) is 0 Å². The maximum absolute atomic E-state index is 14.4. The zero-order valence-corrected chi connectivity index (χ0v) is 13.9. The van der Waals surface area contributed by atoms with Crippen LogP contribution in [0.15, 0.2) is 23.1 Å². The fourth-order valence-corrected chi connectivity index (χ4v) is 2.62. The standard InChI is InChI=1S/C18H24FNO2/c1-6-12(5)13-8-15-14(9-16(13)19)17(22-7-2)10-20(11(3)4)18(15)21/h8-12H,6-7H2,1-5H3. The average Bonchev–Trinajstić information content (AvgIpc) is 2.48. The first kappa shape index (κ1) is 16.5. The van der Waals surface area contributed by atoms with E-state index in [1.165, 1.54) is 6.07 Å². The molecule has 1 unspecified atom stereocenters. The molecule has 0 aliphatic rings. The number of nitrogens with zero attached hydrogens (tertiary/aromatic N) is 1. The Labute approximate surface area is 130 Å². The molecule has 120 valence electrons. The van der Waals surface area contributed by atoms with Crippen LogP contribution in [-0.4, -0.2) is 11.2 Å². The van der Waals surface area contributed by atoms with Crippen LogP contribution in [0.4, 0.5) is 4.39 Å². The van der Waals surface area contributed by atoms with Crippen LogP contribution < -0.4 is 10.3 Å². The molecular weight excluding hydrogens is 281 g/mol. The van der Waals surface area contributed by atoms with E-state index in [4.69, 9.17) is 4.74 Å². The van der Waals surface area contributed by atoms with E-state index in [2.05, 4.69) is 0 Å². The molecule has 0 saturated heterocycles. The Kier molecular flexibility index (Phi) is 4.89. The minimum Gasteiger partial charge on any atom is -0.492 e. The highest BCUT2D eigenvalue weighted by Crippen LogP contribution is 2.30. The van der Waals surface area contributed by atoms with Crippen LogP contribution >= 0.6 is 0 Å². The van der Waals surface area contributed by atoms with Crippen LogP contribution in [0.5, 0.6) is 5.75 Å². The normalized spacial score (nSPS) is 12.9. The molecule has 0 spiro atoms. The monoisotopic (exact) mass is 305 g/mol. The van der Waals surface area contributed by atoms with Gasteiger partial charge in [0.05, 0.1) is 18.2 Å². The SMILES string of the molecule is CCOc1cn(C(C)C)c(=O)c2cc(C(C)CC)c(F)cc12. The van der Waals surface area contributed by atoms with Crippen molar-refractivity contribution in [3.63, 3.8) is 0 Å². The Morgan fingerprint density at radius 2 is 1.86 bits per heavy atom. The molecule has 0 amide bonds. The summed E-state index contributed by atoms with van der Waals surface area (Å²) in [4.78, 5) is 12.7. The molecular formula is C18H24FNO2. The van der Waals surface area contributed by atoms with E-state index >= 15 is 0 Å². The van der Waals surface area contributed by atoms with Gasteiger partial charge in [0.25, 0.3) is 5.56 Å². The lowest BCUT2D eigenvalue weighted by Crippen LogP contribution is -2.22. The van der Waals surface area contributed by atoms with Crippen molar-refractivity contribution >= 4 is 10.8 Å². The number of pyridine rings is 1. The second kappa shape index (κ2) is 6.51. The molecule has 2 rings (SSSR count). The number of ether oxygens (including phenoxy) is 1. The lowest BCUT2D eigenvalue weighted by molar-refractivity contribution is 0.339. The third kappa shape index (κ3) is 2.87. The summed E-state index contributed by atoms with van der Waals surface area (Å²) in [6, 6.07) is 3.16. The minimum absolute atomic E-state index is 0.0215. The highest BCUT2D eigenvalue weighted by Gasteiger charge is 2.17. The average molecular weight is 305 g/mol. The largest absolute Gasteiger partial charge is 0.492 e. The minimum atomic E-state index is -0.274. The lowest BCUT2D eigenvalue weighted by Gasteiger charge is -2.17. The molecule has 1 aromatic carbocycles. The fourth-order valence-electron chi connectivity index (χ4n) is 2.62. The van der Waals surface area contributed by atoms with Gasteiger partial charge in [-0.05, 0) is 50.8 Å². The predicted molar refractivity (Wildman–Crippen MR) is 88.4 cm³/mol. The van der Waals surface area contributed by atoms with Gasteiger partial charge < -0.3 is 9.30 Å². The molecule has 0 saturated carbocycles. The third-order valence-electron chi connectivity index (χ3n) is 4.12. The Balaban J connectivity index is 2.84. The van der Waals surface area contributed by atoms with Gasteiger partial charge in [0.1, 0.15) is 11.6 Å². The van der Waals surface area contributed by atoms with Crippen LogP contribution in [0.3, 0.4) is 0 Å². The molecule has 22 heavy (non-hydrogen) atoms. The van der Waals surface area contributed by atoms with Gasteiger partial charge in [-0.3, -0.25) is 4.79 Å². The first-order valence-corrected chi connectivity index (χ1v) is 7.91. The summed E-state index contributed by atoms with van der Waals surface area (Å²) in [7, 11) is 0. The lowest BCUT2D eigenvalue weighted by atomic mass is 9.95. The van der Waals surface area contributed by atoms with Crippen molar-refractivity contribution in [2.75, 3.05) is 6.61 Å². The predicted octanol–water partition coefficient (Wildman–Crippen LogP) is 4.63. The number of aromatic nitrogens is 1. The smallest absolute Gasteiger partial charge is 0.258 e. The number of benzene rings is 1. The topological polar surface area (TPSA) is 31.2 Å². The van der Waals surface area contributed by atoms with Gasteiger partial charge in [-0.25, -0.2) is 4.39 Å². The molecule has 0 N–H and O–H groups in total. The first-order valence-electron chi connectivity index (χ1n) is 7.91. The van der Waals surface area contributed by atoms with Crippen molar-refractivity contribution in [3.8, 4) is 5.75 Å². The van der Waals surface area contributed by atoms with Crippen molar-refractivity contribution in [3.05, 3.63) is 40.1 Å². The summed E-state index contributed by atoms with van der Waals surface area (Å²) in [5, 5.41) is 1.07. The van der Waals surface area contributed by atoms with Crippen molar-refractivity contribution in [2.24, 2.45) is 0 Å². The molecule has 0 fully saturated rings. The van der Waals surface area contributed by atoms with E-state index in [1.807, 2.05) is 34.6 Å². The zero-order chi connectivity index (χ0) is 16.4. The summed E-state index contributed by atoms with van der Waals surface area (Å²) in [6.07, 6.45) is 2.51. The summed E-state index contributed by atoms with van der Waals surface area (Å²) in [6.45, 7) is 10.2.